The van der Waals surface area contributed by atoms with Crippen LogP contribution in [-0.2, 0) is 4.79 Å². The summed E-state index contributed by atoms with van der Waals surface area (Å²) < 4.78 is 1.56. The maximum Gasteiger partial charge on any atom is 0.234 e. The number of carbonyl (C=O) groups is 1. The Morgan fingerprint density at radius 2 is 1.89 bits per heavy atom. The van der Waals surface area contributed by atoms with E-state index in [2.05, 4.69) is 21.6 Å². The molecule has 1 aliphatic rings. The van der Waals surface area contributed by atoms with Gasteiger partial charge in [-0.2, -0.15) is 0 Å². The normalized spacial score (nSPS) is 15.1. The van der Waals surface area contributed by atoms with Gasteiger partial charge in [0.1, 0.15) is 0 Å². The fourth-order valence-corrected chi connectivity index (χ4v) is 4.28. The minimum atomic E-state index is -0.0857. The quantitative estimate of drug-likeness (QED) is 0.517. The lowest BCUT2D eigenvalue weighted by Crippen LogP contribution is -2.19. The molecule has 3 aromatic rings. The van der Waals surface area contributed by atoms with Crippen LogP contribution >= 0.6 is 11.8 Å². The highest BCUT2D eigenvalue weighted by molar-refractivity contribution is 7.99. The molecule has 0 saturated heterocycles. The van der Waals surface area contributed by atoms with Crippen LogP contribution in [0.25, 0.3) is 10.8 Å². The van der Waals surface area contributed by atoms with E-state index in [9.17, 15) is 4.79 Å². The molecule has 0 bridgehead atoms. The smallest absolute Gasteiger partial charge is 0.234 e. The highest BCUT2D eigenvalue weighted by atomic mass is 32.2. The lowest BCUT2D eigenvalue weighted by Gasteiger charge is -2.20. The van der Waals surface area contributed by atoms with Gasteiger partial charge in [-0.3, -0.25) is 4.79 Å². The molecule has 0 atom stereocenters. The molecule has 1 aromatic heterocycles. The Kier molecular flexibility index (Phi) is 5.29. The summed E-state index contributed by atoms with van der Waals surface area (Å²) in [5.74, 6) is 7.56. The van der Waals surface area contributed by atoms with Gasteiger partial charge in [0, 0.05) is 11.6 Å². The van der Waals surface area contributed by atoms with E-state index < -0.39 is 0 Å². The molecule has 1 heterocycles. The number of anilines is 1. The average Bonchev–Trinajstić information content (AvgIpc) is 3.07. The predicted molar refractivity (Wildman–Crippen MR) is 109 cm³/mol. The van der Waals surface area contributed by atoms with Crippen molar-refractivity contribution in [3.63, 3.8) is 0 Å². The largest absolute Gasteiger partial charge is 0.336 e. The minimum absolute atomic E-state index is 0.0857. The number of amides is 1. The number of rotatable bonds is 5. The molecule has 0 radical (unpaired) electrons. The number of thioether (sulfide) groups is 1. The summed E-state index contributed by atoms with van der Waals surface area (Å²) in [6.07, 6.45) is 5.94. The van der Waals surface area contributed by atoms with Gasteiger partial charge in [-0.25, -0.2) is 4.68 Å². The van der Waals surface area contributed by atoms with Gasteiger partial charge in [0.25, 0.3) is 0 Å². The lowest BCUT2D eigenvalue weighted by molar-refractivity contribution is -0.113. The van der Waals surface area contributed by atoms with Crippen molar-refractivity contribution in [2.75, 3.05) is 16.9 Å². The molecule has 0 unspecified atom stereocenters. The second-order valence-electron chi connectivity index (χ2n) is 6.94. The fraction of sp³-hybridized carbons (Fsp3) is 0.350. The molecule has 1 aliphatic carbocycles. The lowest BCUT2D eigenvalue weighted by atomic mass is 9.89. The first kappa shape index (κ1) is 17.9. The summed E-state index contributed by atoms with van der Waals surface area (Å²) in [6, 6.07) is 14.0. The molecule has 0 aliphatic heterocycles. The zero-order chi connectivity index (χ0) is 18.6. The molecule has 2 aromatic carbocycles. The molecule has 0 spiro atoms. The number of hydrogen-bond donors (Lipinski definition) is 2. The topological polar surface area (TPSA) is 85.8 Å². The summed E-state index contributed by atoms with van der Waals surface area (Å²) in [5, 5.41) is 14.2. The van der Waals surface area contributed by atoms with Crippen LogP contribution in [0.15, 0.2) is 47.6 Å². The van der Waals surface area contributed by atoms with E-state index in [0.29, 0.717) is 11.1 Å². The monoisotopic (exact) mass is 381 g/mol. The van der Waals surface area contributed by atoms with Crippen molar-refractivity contribution in [1.29, 1.82) is 0 Å². The number of nitrogen functional groups attached to an aromatic ring is 1. The van der Waals surface area contributed by atoms with Crippen molar-refractivity contribution in [2.24, 2.45) is 0 Å². The molecule has 3 N–H and O–H groups in total. The standard InChI is InChI=1S/C20H23N5OS/c21-25-19(15-7-2-1-3-8-15)23-24-20(25)27-13-18(26)22-17-11-10-14-6-4-5-9-16(14)12-17/h4-6,9-12,15H,1-3,7-8,13,21H2,(H,22,26). The van der Waals surface area contributed by atoms with Crippen molar-refractivity contribution in [3.8, 4) is 0 Å². The molecular formula is C20H23N5OS. The van der Waals surface area contributed by atoms with Gasteiger partial charge in [-0.15, -0.1) is 10.2 Å². The summed E-state index contributed by atoms with van der Waals surface area (Å²) in [6.45, 7) is 0. The number of carbonyl (C=O) groups excluding carboxylic acids is 1. The molecule has 1 saturated carbocycles. The van der Waals surface area contributed by atoms with Gasteiger partial charge in [-0.1, -0.05) is 61.4 Å². The Labute approximate surface area is 162 Å². The van der Waals surface area contributed by atoms with E-state index in [1.54, 1.807) is 4.68 Å². The third-order valence-electron chi connectivity index (χ3n) is 5.03. The van der Waals surface area contributed by atoms with Crippen LogP contribution < -0.4 is 11.2 Å². The number of nitrogens with zero attached hydrogens (tertiary/aromatic N) is 3. The van der Waals surface area contributed by atoms with Gasteiger partial charge in [-0.05, 0) is 35.7 Å². The molecule has 140 valence electrons. The first-order valence-corrected chi connectivity index (χ1v) is 10.3. The summed E-state index contributed by atoms with van der Waals surface area (Å²) in [5.41, 5.74) is 0.788. The second kappa shape index (κ2) is 8.00. The van der Waals surface area contributed by atoms with Crippen LogP contribution in [0, 0.1) is 0 Å². The Balaban J connectivity index is 1.36. The summed E-state index contributed by atoms with van der Waals surface area (Å²) in [7, 11) is 0. The van der Waals surface area contributed by atoms with E-state index in [4.69, 9.17) is 5.84 Å². The molecule has 27 heavy (non-hydrogen) atoms. The predicted octanol–water partition coefficient (Wildman–Crippen LogP) is 3.92. The molecular weight excluding hydrogens is 358 g/mol. The van der Waals surface area contributed by atoms with E-state index >= 15 is 0 Å². The van der Waals surface area contributed by atoms with E-state index in [0.717, 1.165) is 35.1 Å². The summed E-state index contributed by atoms with van der Waals surface area (Å²) in [4.78, 5) is 12.3. The molecule has 1 amide bonds. The summed E-state index contributed by atoms with van der Waals surface area (Å²) >= 11 is 1.32. The van der Waals surface area contributed by atoms with Crippen LogP contribution in [0.5, 0.6) is 0 Å². The van der Waals surface area contributed by atoms with E-state index in [-0.39, 0.29) is 11.7 Å². The first-order chi connectivity index (χ1) is 13.2. The fourth-order valence-electron chi connectivity index (χ4n) is 3.62. The van der Waals surface area contributed by atoms with Crippen LogP contribution in [0.2, 0.25) is 0 Å². The SMILES string of the molecule is Nn1c(SCC(=O)Nc2ccc3ccccc3c2)nnc1C1CCCCC1. The van der Waals surface area contributed by atoms with Gasteiger partial charge in [0.2, 0.25) is 11.1 Å². The van der Waals surface area contributed by atoms with Crippen molar-refractivity contribution >= 4 is 34.1 Å². The van der Waals surface area contributed by atoms with Crippen LogP contribution in [-0.4, -0.2) is 26.5 Å². The third-order valence-corrected chi connectivity index (χ3v) is 5.97. The molecule has 7 heteroatoms. The zero-order valence-corrected chi connectivity index (χ0v) is 15.9. The van der Waals surface area contributed by atoms with Gasteiger partial charge in [0.05, 0.1) is 5.75 Å². The maximum absolute atomic E-state index is 12.3. The third kappa shape index (κ3) is 4.08. The average molecular weight is 382 g/mol. The van der Waals surface area contributed by atoms with E-state index in [1.807, 2.05) is 36.4 Å². The van der Waals surface area contributed by atoms with Crippen LogP contribution in [0.3, 0.4) is 0 Å². The second-order valence-corrected chi connectivity index (χ2v) is 7.89. The number of fused-ring (bicyclic) bond motifs is 1. The number of nitrogens with two attached hydrogens (primary N) is 1. The highest BCUT2D eigenvalue weighted by Gasteiger charge is 2.22. The number of benzene rings is 2. The van der Waals surface area contributed by atoms with Crippen LogP contribution in [0.1, 0.15) is 43.8 Å². The zero-order valence-electron chi connectivity index (χ0n) is 15.1. The number of nitrogens with one attached hydrogen (secondary N) is 1. The molecule has 4 rings (SSSR count). The van der Waals surface area contributed by atoms with Crippen molar-refractivity contribution in [1.82, 2.24) is 14.9 Å². The Morgan fingerprint density at radius 1 is 1.11 bits per heavy atom. The molecule has 6 nitrogen and oxygen atoms in total. The molecule has 1 fully saturated rings. The Morgan fingerprint density at radius 3 is 2.70 bits per heavy atom. The van der Waals surface area contributed by atoms with E-state index in [1.165, 1.54) is 31.0 Å². The first-order valence-electron chi connectivity index (χ1n) is 9.32. The highest BCUT2D eigenvalue weighted by Crippen LogP contribution is 2.32. The van der Waals surface area contributed by atoms with Gasteiger partial charge >= 0.3 is 0 Å². The van der Waals surface area contributed by atoms with Crippen molar-refractivity contribution in [3.05, 3.63) is 48.3 Å². The van der Waals surface area contributed by atoms with Crippen molar-refractivity contribution < 1.29 is 4.79 Å². The van der Waals surface area contributed by atoms with Crippen molar-refractivity contribution in [2.45, 2.75) is 43.2 Å². The van der Waals surface area contributed by atoms with Crippen LogP contribution in [0.4, 0.5) is 5.69 Å². The number of hydrogen-bond acceptors (Lipinski definition) is 5. The number of aromatic nitrogens is 3. The Hall–Kier alpha value is -2.54. The maximum atomic E-state index is 12.3. The van der Waals surface area contributed by atoms with Gasteiger partial charge < -0.3 is 11.2 Å². The minimum Gasteiger partial charge on any atom is -0.336 e. The van der Waals surface area contributed by atoms with Gasteiger partial charge in [0.15, 0.2) is 5.82 Å². The Bertz CT molecular complexity index is 948.